The first-order valence-corrected chi connectivity index (χ1v) is 6.39. The van der Waals surface area contributed by atoms with Crippen LogP contribution in [0.5, 0.6) is 0 Å². The summed E-state index contributed by atoms with van der Waals surface area (Å²) in [5.41, 5.74) is 5.63. The molecular formula is C11H14FNO3S. The van der Waals surface area contributed by atoms with Crippen molar-refractivity contribution >= 4 is 15.7 Å². The lowest BCUT2D eigenvalue weighted by Crippen LogP contribution is -2.45. The third kappa shape index (κ3) is 2.17. The van der Waals surface area contributed by atoms with Crippen molar-refractivity contribution in [3.05, 3.63) is 29.6 Å². The fourth-order valence-corrected chi connectivity index (χ4v) is 2.61. The van der Waals surface area contributed by atoms with Gasteiger partial charge in [-0.05, 0) is 38.5 Å². The number of primary amides is 1. The summed E-state index contributed by atoms with van der Waals surface area (Å²) in [4.78, 5) is 10.6. The Balaban J connectivity index is 3.47. The van der Waals surface area contributed by atoms with E-state index in [1.54, 1.807) is 6.92 Å². The van der Waals surface area contributed by atoms with Crippen molar-refractivity contribution in [2.24, 2.45) is 5.73 Å². The third-order valence-electron chi connectivity index (χ3n) is 2.64. The highest BCUT2D eigenvalue weighted by Crippen LogP contribution is 2.27. The Morgan fingerprint density at radius 2 is 1.88 bits per heavy atom. The normalized spacial score (nSPS) is 12.5. The first kappa shape index (κ1) is 13.6. The third-order valence-corrected chi connectivity index (χ3v) is 5.10. The zero-order valence-electron chi connectivity index (χ0n) is 9.82. The highest BCUT2D eigenvalue weighted by molar-refractivity contribution is 7.93. The number of rotatable bonds is 3. The lowest BCUT2D eigenvalue weighted by Gasteiger charge is -2.21. The van der Waals surface area contributed by atoms with Gasteiger partial charge in [0.15, 0.2) is 9.84 Å². The molecule has 1 amide bonds. The largest absolute Gasteiger partial charge is 0.368 e. The van der Waals surface area contributed by atoms with E-state index in [1.165, 1.54) is 6.07 Å². The number of hydrogen-bond donors (Lipinski definition) is 1. The molecule has 94 valence electrons. The van der Waals surface area contributed by atoms with Crippen molar-refractivity contribution in [3.8, 4) is 0 Å². The minimum atomic E-state index is -4.13. The summed E-state index contributed by atoms with van der Waals surface area (Å²) in [7, 11) is -4.13. The van der Waals surface area contributed by atoms with Gasteiger partial charge in [-0.3, -0.25) is 4.79 Å². The van der Waals surface area contributed by atoms with Gasteiger partial charge in [0.25, 0.3) is 0 Å². The summed E-state index contributed by atoms with van der Waals surface area (Å²) in [5.74, 6) is -1.89. The second kappa shape index (κ2) is 4.10. The summed E-state index contributed by atoms with van der Waals surface area (Å²) in [5, 5.41) is 0. The predicted octanol–water partition coefficient (Wildman–Crippen LogP) is 1.17. The van der Waals surface area contributed by atoms with E-state index in [2.05, 4.69) is 0 Å². The molecule has 0 saturated heterocycles. The highest BCUT2D eigenvalue weighted by atomic mass is 32.2. The van der Waals surface area contributed by atoms with Crippen LogP contribution >= 0.6 is 0 Å². The van der Waals surface area contributed by atoms with Crippen molar-refractivity contribution < 1.29 is 17.6 Å². The Labute approximate surface area is 99.5 Å². The van der Waals surface area contributed by atoms with Gasteiger partial charge in [0, 0.05) is 0 Å². The van der Waals surface area contributed by atoms with Crippen LogP contribution in [0.2, 0.25) is 0 Å². The van der Waals surface area contributed by atoms with Crippen LogP contribution in [-0.2, 0) is 14.6 Å². The summed E-state index contributed by atoms with van der Waals surface area (Å²) < 4.78 is 35.9. The average molecular weight is 259 g/mol. The van der Waals surface area contributed by atoms with Crippen LogP contribution in [0.3, 0.4) is 0 Å². The maximum atomic E-state index is 13.6. The number of aryl methyl sites for hydroxylation is 1. The number of sulfone groups is 1. The van der Waals surface area contributed by atoms with Crippen LogP contribution in [-0.4, -0.2) is 19.1 Å². The lowest BCUT2D eigenvalue weighted by atomic mass is 10.2. The Morgan fingerprint density at radius 3 is 2.29 bits per heavy atom. The lowest BCUT2D eigenvalue weighted by molar-refractivity contribution is -0.119. The number of halogens is 1. The van der Waals surface area contributed by atoms with E-state index in [0.29, 0.717) is 5.56 Å². The number of benzene rings is 1. The Bertz CT molecular complexity index is 564. The van der Waals surface area contributed by atoms with Gasteiger partial charge >= 0.3 is 0 Å². The van der Waals surface area contributed by atoms with Gasteiger partial charge in [-0.15, -0.1) is 0 Å². The van der Waals surface area contributed by atoms with Crippen molar-refractivity contribution in [1.82, 2.24) is 0 Å². The molecule has 0 unspecified atom stereocenters. The molecule has 2 N–H and O–H groups in total. The molecule has 0 aromatic heterocycles. The fourth-order valence-electron chi connectivity index (χ4n) is 1.23. The van der Waals surface area contributed by atoms with Crippen molar-refractivity contribution in [3.63, 3.8) is 0 Å². The van der Waals surface area contributed by atoms with Gasteiger partial charge in [0.1, 0.15) is 15.5 Å². The van der Waals surface area contributed by atoms with Crippen molar-refractivity contribution in [1.29, 1.82) is 0 Å². The van der Waals surface area contributed by atoms with Crippen LogP contribution in [0.25, 0.3) is 0 Å². The molecule has 0 saturated carbocycles. The second-order valence-corrected chi connectivity index (χ2v) is 6.78. The first-order valence-electron chi connectivity index (χ1n) is 4.91. The molecule has 0 heterocycles. The molecule has 0 fully saturated rings. The van der Waals surface area contributed by atoms with E-state index in [4.69, 9.17) is 5.73 Å². The van der Waals surface area contributed by atoms with Crippen molar-refractivity contribution in [2.75, 3.05) is 0 Å². The molecule has 17 heavy (non-hydrogen) atoms. The molecule has 6 heteroatoms. The van der Waals surface area contributed by atoms with E-state index in [9.17, 15) is 17.6 Å². The van der Waals surface area contributed by atoms with E-state index < -0.39 is 31.2 Å². The van der Waals surface area contributed by atoms with Gasteiger partial charge in [0.2, 0.25) is 5.91 Å². The monoisotopic (exact) mass is 259 g/mol. The average Bonchev–Trinajstić information content (AvgIpc) is 2.16. The Kier molecular flexibility index (Phi) is 3.29. The molecule has 0 aliphatic rings. The molecule has 1 aromatic rings. The van der Waals surface area contributed by atoms with Gasteiger partial charge < -0.3 is 5.73 Å². The SMILES string of the molecule is Cc1ccc(S(=O)(=O)C(C)(C)C(N)=O)c(F)c1. The van der Waals surface area contributed by atoms with Crippen molar-refractivity contribution in [2.45, 2.75) is 30.4 Å². The van der Waals surface area contributed by atoms with Gasteiger partial charge in [-0.25, -0.2) is 12.8 Å². The summed E-state index contributed by atoms with van der Waals surface area (Å²) >= 11 is 0. The molecule has 0 radical (unpaired) electrons. The number of amides is 1. The second-order valence-electron chi connectivity index (χ2n) is 4.31. The number of hydrogen-bond acceptors (Lipinski definition) is 3. The van der Waals surface area contributed by atoms with Gasteiger partial charge in [-0.1, -0.05) is 6.07 Å². The molecule has 0 aliphatic carbocycles. The topological polar surface area (TPSA) is 77.2 Å². The Hall–Kier alpha value is -1.43. The predicted molar refractivity (Wildman–Crippen MR) is 61.6 cm³/mol. The molecular weight excluding hydrogens is 245 g/mol. The zero-order valence-corrected chi connectivity index (χ0v) is 10.6. The number of carbonyl (C=O) groups excluding carboxylic acids is 1. The van der Waals surface area contributed by atoms with Gasteiger partial charge in [-0.2, -0.15) is 0 Å². The summed E-state index contributed by atoms with van der Waals surface area (Å²) in [6.45, 7) is 3.95. The fraction of sp³-hybridized carbons (Fsp3) is 0.364. The Morgan fingerprint density at radius 1 is 1.35 bits per heavy atom. The molecule has 0 bridgehead atoms. The van der Waals surface area contributed by atoms with E-state index in [1.807, 2.05) is 0 Å². The number of nitrogens with two attached hydrogens (primary N) is 1. The molecule has 1 aromatic carbocycles. The molecule has 0 aliphatic heterocycles. The summed E-state index contributed by atoms with van der Waals surface area (Å²) in [6, 6.07) is 3.71. The highest BCUT2D eigenvalue weighted by Gasteiger charge is 2.42. The van der Waals surface area contributed by atoms with E-state index in [-0.39, 0.29) is 0 Å². The standard InChI is InChI=1S/C11H14FNO3S/c1-7-4-5-9(8(12)6-7)17(15,16)11(2,3)10(13)14/h4-6H,1-3H3,(H2,13,14). The molecule has 1 rings (SSSR count). The minimum Gasteiger partial charge on any atom is -0.368 e. The minimum absolute atomic E-state index is 0.507. The van der Waals surface area contributed by atoms with Gasteiger partial charge in [0.05, 0.1) is 0 Å². The molecule has 0 spiro atoms. The maximum Gasteiger partial charge on any atom is 0.238 e. The smallest absolute Gasteiger partial charge is 0.238 e. The molecule has 4 nitrogen and oxygen atoms in total. The quantitative estimate of drug-likeness (QED) is 0.885. The van der Waals surface area contributed by atoms with Crippen LogP contribution in [0, 0.1) is 12.7 Å². The van der Waals surface area contributed by atoms with E-state index in [0.717, 1.165) is 26.0 Å². The number of carbonyl (C=O) groups is 1. The first-order chi connectivity index (χ1) is 7.60. The van der Waals surface area contributed by atoms with Crippen LogP contribution in [0.4, 0.5) is 4.39 Å². The van der Waals surface area contributed by atoms with Crippen LogP contribution in [0.1, 0.15) is 19.4 Å². The summed E-state index contributed by atoms with van der Waals surface area (Å²) in [6.07, 6.45) is 0. The zero-order chi connectivity index (χ0) is 13.4. The maximum absolute atomic E-state index is 13.6. The van der Waals surface area contributed by atoms with E-state index >= 15 is 0 Å². The van der Waals surface area contributed by atoms with Crippen LogP contribution < -0.4 is 5.73 Å². The van der Waals surface area contributed by atoms with Crippen LogP contribution in [0.15, 0.2) is 23.1 Å². The molecule has 0 atom stereocenters.